The van der Waals surface area contributed by atoms with Crippen molar-refractivity contribution in [3.63, 3.8) is 0 Å². The van der Waals surface area contributed by atoms with Gasteiger partial charge < -0.3 is 14.3 Å². The van der Waals surface area contributed by atoms with Crippen molar-refractivity contribution in [3.05, 3.63) is 26.5 Å². The summed E-state index contributed by atoms with van der Waals surface area (Å²) >= 11 is 7.93. The molecule has 0 bridgehead atoms. The summed E-state index contributed by atoms with van der Waals surface area (Å²) in [5.41, 5.74) is 2.37. The Morgan fingerprint density at radius 3 is 2.90 bits per heavy atom. The first-order chi connectivity index (χ1) is 10.1. The molecule has 1 aliphatic heterocycles. The number of halogens is 1. The standard InChI is InChI=1S/C16H21IN2OS/c1-3-16(4-2)10-12(7-8-20-16)19-14-6-5-11(17)9-13(14)18-15(19)21/h5-6,9,12H,3-4,7-8,10H2,1-2H3,(H,18,21). The van der Waals surface area contributed by atoms with Crippen molar-refractivity contribution in [2.24, 2.45) is 0 Å². The fourth-order valence-electron chi connectivity index (χ4n) is 3.43. The van der Waals surface area contributed by atoms with Gasteiger partial charge in [-0.25, -0.2) is 0 Å². The van der Waals surface area contributed by atoms with E-state index in [9.17, 15) is 0 Å². The molecular formula is C16H21IN2OS. The van der Waals surface area contributed by atoms with E-state index in [-0.39, 0.29) is 5.60 Å². The van der Waals surface area contributed by atoms with Crippen molar-refractivity contribution in [3.8, 4) is 0 Å². The van der Waals surface area contributed by atoms with E-state index in [1.54, 1.807) is 0 Å². The molecule has 1 N–H and O–H groups in total. The van der Waals surface area contributed by atoms with Crippen LogP contribution < -0.4 is 0 Å². The molecule has 1 aliphatic rings. The van der Waals surface area contributed by atoms with Crippen molar-refractivity contribution in [2.75, 3.05) is 6.61 Å². The largest absolute Gasteiger partial charge is 0.375 e. The lowest BCUT2D eigenvalue weighted by Crippen LogP contribution is -2.39. The Morgan fingerprint density at radius 1 is 1.43 bits per heavy atom. The van der Waals surface area contributed by atoms with Gasteiger partial charge in [0, 0.05) is 16.2 Å². The molecule has 0 aliphatic carbocycles. The summed E-state index contributed by atoms with van der Waals surface area (Å²) in [7, 11) is 0. The summed E-state index contributed by atoms with van der Waals surface area (Å²) in [6.45, 7) is 5.27. The van der Waals surface area contributed by atoms with Gasteiger partial charge in [0.05, 0.1) is 16.6 Å². The minimum absolute atomic E-state index is 0.0183. The number of benzene rings is 1. The Balaban J connectivity index is 2.04. The Labute approximate surface area is 144 Å². The minimum atomic E-state index is 0.0183. The first-order valence-corrected chi connectivity index (χ1v) is 9.11. The van der Waals surface area contributed by atoms with Gasteiger partial charge in [-0.15, -0.1) is 0 Å². The van der Waals surface area contributed by atoms with Gasteiger partial charge in [0.2, 0.25) is 0 Å². The van der Waals surface area contributed by atoms with E-state index >= 15 is 0 Å². The number of nitrogens with zero attached hydrogens (tertiary/aromatic N) is 1. The Bertz CT molecular complexity index is 702. The van der Waals surface area contributed by atoms with Crippen LogP contribution in [0.4, 0.5) is 0 Å². The number of ether oxygens (including phenoxy) is 1. The van der Waals surface area contributed by atoms with Crippen molar-refractivity contribution in [2.45, 2.75) is 51.2 Å². The maximum absolute atomic E-state index is 6.10. The Morgan fingerprint density at radius 2 is 2.19 bits per heavy atom. The second kappa shape index (κ2) is 6.01. The average Bonchev–Trinajstić information content (AvgIpc) is 2.82. The highest BCUT2D eigenvalue weighted by Gasteiger charge is 2.35. The molecule has 1 aromatic heterocycles. The van der Waals surface area contributed by atoms with Crippen LogP contribution in [0.15, 0.2) is 18.2 Å². The Hall–Kier alpha value is -0.400. The van der Waals surface area contributed by atoms with E-state index in [0.29, 0.717) is 6.04 Å². The molecule has 1 fully saturated rings. The topological polar surface area (TPSA) is 29.9 Å². The van der Waals surface area contributed by atoms with Crippen LogP contribution in [0.3, 0.4) is 0 Å². The van der Waals surface area contributed by atoms with Gasteiger partial charge in [0.15, 0.2) is 4.77 Å². The van der Waals surface area contributed by atoms with Gasteiger partial charge in [-0.1, -0.05) is 13.8 Å². The molecule has 0 saturated carbocycles. The number of aromatic nitrogens is 2. The summed E-state index contributed by atoms with van der Waals surface area (Å²) < 4.78 is 10.5. The highest BCUT2D eigenvalue weighted by Crippen LogP contribution is 2.38. The third-order valence-electron chi connectivity index (χ3n) is 4.80. The van der Waals surface area contributed by atoms with Crippen molar-refractivity contribution in [1.82, 2.24) is 9.55 Å². The number of nitrogens with one attached hydrogen (secondary N) is 1. The molecule has 1 aromatic carbocycles. The molecule has 0 spiro atoms. The first-order valence-electron chi connectivity index (χ1n) is 7.62. The quantitative estimate of drug-likeness (QED) is 0.550. The van der Waals surface area contributed by atoms with Crippen LogP contribution in [0, 0.1) is 8.34 Å². The normalized spacial score (nSPS) is 21.8. The molecule has 5 heteroatoms. The third-order valence-corrected chi connectivity index (χ3v) is 5.77. The van der Waals surface area contributed by atoms with E-state index in [0.717, 1.165) is 42.6 Å². The van der Waals surface area contributed by atoms with Crippen LogP contribution in [0.25, 0.3) is 11.0 Å². The van der Waals surface area contributed by atoms with Crippen molar-refractivity contribution < 1.29 is 4.74 Å². The Kier molecular flexibility index (Phi) is 4.43. The van der Waals surface area contributed by atoms with E-state index in [2.05, 4.69) is 64.2 Å². The molecule has 114 valence electrons. The predicted molar refractivity (Wildman–Crippen MR) is 97.4 cm³/mol. The third kappa shape index (κ3) is 2.80. The molecule has 0 amide bonds. The van der Waals surface area contributed by atoms with Gasteiger partial charge in [-0.05, 0) is 78.7 Å². The summed E-state index contributed by atoms with van der Waals surface area (Å²) in [6, 6.07) is 6.92. The maximum atomic E-state index is 6.10. The van der Waals surface area contributed by atoms with Crippen LogP contribution >= 0.6 is 34.8 Å². The number of H-pyrrole nitrogens is 1. The number of fused-ring (bicyclic) bond motifs is 1. The summed E-state index contributed by atoms with van der Waals surface area (Å²) in [5, 5.41) is 0. The lowest BCUT2D eigenvalue weighted by atomic mass is 9.86. The van der Waals surface area contributed by atoms with Crippen molar-refractivity contribution >= 4 is 45.8 Å². The highest BCUT2D eigenvalue weighted by molar-refractivity contribution is 14.1. The summed E-state index contributed by atoms with van der Waals surface area (Å²) in [5.74, 6) is 0. The second-order valence-electron chi connectivity index (χ2n) is 5.85. The molecule has 2 heterocycles. The molecule has 1 saturated heterocycles. The number of rotatable bonds is 3. The molecule has 3 rings (SSSR count). The smallest absolute Gasteiger partial charge is 0.178 e. The number of hydrogen-bond acceptors (Lipinski definition) is 2. The summed E-state index contributed by atoms with van der Waals surface area (Å²) in [4.78, 5) is 3.36. The monoisotopic (exact) mass is 416 g/mol. The zero-order chi connectivity index (χ0) is 15.0. The number of imidazole rings is 1. The summed E-state index contributed by atoms with van der Waals surface area (Å²) in [6.07, 6.45) is 4.21. The van der Waals surface area contributed by atoms with Crippen molar-refractivity contribution in [1.29, 1.82) is 0 Å². The highest BCUT2D eigenvalue weighted by atomic mass is 127. The fourth-order valence-corrected chi connectivity index (χ4v) is 4.28. The number of hydrogen-bond donors (Lipinski definition) is 1. The van der Waals surface area contributed by atoms with Gasteiger partial charge in [0.25, 0.3) is 0 Å². The molecule has 21 heavy (non-hydrogen) atoms. The van der Waals surface area contributed by atoms with Gasteiger partial charge in [0.1, 0.15) is 0 Å². The predicted octanol–water partition coefficient (Wildman–Crippen LogP) is 5.21. The van der Waals surface area contributed by atoms with E-state index < -0.39 is 0 Å². The van der Waals surface area contributed by atoms with Gasteiger partial charge in [-0.2, -0.15) is 0 Å². The lowest BCUT2D eigenvalue weighted by Gasteiger charge is -2.40. The zero-order valence-electron chi connectivity index (χ0n) is 12.5. The number of aromatic amines is 1. The van der Waals surface area contributed by atoms with Gasteiger partial charge in [-0.3, -0.25) is 0 Å². The van der Waals surface area contributed by atoms with Gasteiger partial charge >= 0.3 is 0 Å². The molecule has 2 aromatic rings. The van der Waals surface area contributed by atoms with Crippen LogP contribution in [0.5, 0.6) is 0 Å². The molecule has 3 nitrogen and oxygen atoms in total. The molecular weight excluding hydrogens is 395 g/mol. The van der Waals surface area contributed by atoms with E-state index in [4.69, 9.17) is 17.0 Å². The average molecular weight is 416 g/mol. The lowest BCUT2D eigenvalue weighted by molar-refractivity contribution is -0.0983. The van der Waals surface area contributed by atoms with E-state index in [1.165, 1.54) is 9.09 Å². The zero-order valence-corrected chi connectivity index (χ0v) is 15.5. The maximum Gasteiger partial charge on any atom is 0.178 e. The minimum Gasteiger partial charge on any atom is -0.375 e. The molecule has 1 atom stereocenters. The van der Waals surface area contributed by atoms with Crippen LogP contribution in [-0.2, 0) is 4.74 Å². The molecule has 1 unspecified atom stereocenters. The second-order valence-corrected chi connectivity index (χ2v) is 7.48. The first kappa shape index (κ1) is 15.5. The van der Waals surface area contributed by atoms with Crippen LogP contribution in [0.2, 0.25) is 0 Å². The SMILES string of the molecule is CCC1(CC)CC(n2c(=S)[nH]c3cc(I)ccc32)CCO1. The fraction of sp³-hybridized carbons (Fsp3) is 0.562. The molecule has 0 radical (unpaired) electrons. The van der Waals surface area contributed by atoms with Crippen LogP contribution in [-0.4, -0.2) is 21.8 Å². The van der Waals surface area contributed by atoms with Crippen LogP contribution in [0.1, 0.15) is 45.6 Å². The van der Waals surface area contributed by atoms with E-state index in [1.807, 2.05) is 0 Å².